The second-order valence-corrected chi connectivity index (χ2v) is 11.5. The number of halogens is 2. The second-order valence-electron chi connectivity index (χ2n) is 5.24. The van der Waals surface area contributed by atoms with E-state index in [1.807, 2.05) is 30.2 Å². The highest BCUT2D eigenvalue weighted by Gasteiger charge is 2.27. The summed E-state index contributed by atoms with van der Waals surface area (Å²) < 4.78 is 9.14. The maximum absolute atomic E-state index is 11.3. The van der Waals surface area contributed by atoms with Crippen molar-refractivity contribution in [3.63, 3.8) is 0 Å². The van der Waals surface area contributed by atoms with Crippen molar-refractivity contribution in [2.75, 3.05) is 6.61 Å². The Morgan fingerprint density at radius 2 is 2.19 bits per heavy atom. The van der Waals surface area contributed by atoms with Gasteiger partial charge in [-0.05, 0) is 44.3 Å². The van der Waals surface area contributed by atoms with Crippen molar-refractivity contribution in [3.8, 4) is 0 Å². The molecule has 1 radical (unpaired) electrons. The van der Waals surface area contributed by atoms with Crippen LogP contribution in [0.1, 0.15) is 12.2 Å². The Balaban J connectivity index is 2.59. The number of allylic oxidation sites excluding steroid dienone is 1. The molecule has 0 unspecified atom stereocenters. The molecule has 0 aromatic carbocycles. The minimum absolute atomic E-state index is 0.183. The van der Waals surface area contributed by atoms with E-state index in [0.29, 0.717) is 19.4 Å². The number of amides is 1. The highest BCUT2D eigenvalue weighted by Crippen LogP contribution is 2.25. The molecule has 0 saturated carbocycles. The van der Waals surface area contributed by atoms with Crippen LogP contribution >= 0.6 is 31.9 Å². The van der Waals surface area contributed by atoms with E-state index in [1.165, 1.54) is 0 Å². The molecule has 1 rings (SSSR count). The molecule has 1 aromatic rings. The highest BCUT2D eigenvalue weighted by atomic mass is 79.9. The standard InChI is InChI=1S/C13H20Br2N3O2Si/c1-4-5-6-10-17-11(14)12(15)18(10)9-20-7-8-21(2,3)13(16)19/h4,6H,1,5,7-9H2,2-3H3,(H2,16,19). The molecule has 1 aromatic heterocycles. The van der Waals surface area contributed by atoms with Gasteiger partial charge in [0.1, 0.15) is 21.8 Å². The van der Waals surface area contributed by atoms with E-state index in [4.69, 9.17) is 10.5 Å². The van der Waals surface area contributed by atoms with Crippen molar-refractivity contribution in [2.24, 2.45) is 5.73 Å². The number of carbonyl (C=O) groups is 1. The van der Waals surface area contributed by atoms with Crippen molar-refractivity contribution in [2.45, 2.75) is 32.3 Å². The van der Waals surface area contributed by atoms with E-state index in [1.54, 1.807) is 0 Å². The first-order valence-electron chi connectivity index (χ1n) is 6.53. The normalized spacial score (nSPS) is 11.6. The quantitative estimate of drug-likeness (QED) is 0.362. The largest absolute Gasteiger partial charge is 0.374 e. The number of imidazole rings is 1. The molecular formula is C13H20Br2N3O2Si. The smallest absolute Gasteiger partial charge is 0.189 e. The lowest BCUT2D eigenvalue weighted by atomic mass is 10.3. The molecule has 8 heteroatoms. The minimum Gasteiger partial charge on any atom is -0.374 e. The summed E-state index contributed by atoms with van der Waals surface area (Å²) in [6.45, 7) is 8.46. The lowest BCUT2D eigenvalue weighted by Gasteiger charge is -2.17. The number of hydrogen-bond donors (Lipinski definition) is 1. The first-order valence-corrected chi connectivity index (χ1v) is 11.3. The number of nitrogens with two attached hydrogens (primary N) is 1. The summed E-state index contributed by atoms with van der Waals surface area (Å²) in [4.78, 5) is 15.7. The van der Waals surface area contributed by atoms with Crippen LogP contribution in [0.2, 0.25) is 19.1 Å². The Labute approximate surface area is 143 Å². The van der Waals surface area contributed by atoms with E-state index in [9.17, 15) is 4.79 Å². The van der Waals surface area contributed by atoms with Crippen molar-refractivity contribution >= 4 is 45.5 Å². The van der Waals surface area contributed by atoms with Gasteiger partial charge in [0.15, 0.2) is 13.6 Å². The van der Waals surface area contributed by atoms with Gasteiger partial charge in [-0.3, -0.25) is 9.36 Å². The van der Waals surface area contributed by atoms with Crippen LogP contribution in [0.4, 0.5) is 4.79 Å². The third kappa shape index (κ3) is 5.35. The zero-order chi connectivity index (χ0) is 16.0. The zero-order valence-electron chi connectivity index (χ0n) is 12.2. The predicted molar refractivity (Wildman–Crippen MR) is 93.7 cm³/mol. The first kappa shape index (κ1) is 18.6. The van der Waals surface area contributed by atoms with E-state index in [-0.39, 0.29) is 5.53 Å². The van der Waals surface area contributed by atoms with E-state index in [0.717, 1.165) is 21.5 Å². The summed E-state index contributed by atoms with van der Waals surface area (Å²) in [7, 11) is -2.01. The summed E-state index contributed by atoms with van der Waals surface area (Å²) in [5.74, 6) is 0.806. The van der Waals surface area contributed by atoms with Crippen LogP contribution < -0.4 is 5.73 Å². The second kappa shape index (κ2) is 8.26. The van der Waals surface area contributed by atoms with Gasteiger partial charge >= 0.3 is 0 Å². The first-order chi connectivity index (χ1) is 9.79. The van der Waals surface area contributed by atoms with Crippen LogP contribution in [0, 0.1) is 6.42 Å². The zero-order valence-corrected chi connectivity index (χ0v) is 16.4. The van der Waals surface area contributed by atoms with Gasteiger partial charge in [-0.25, -0.2) is 4.98 Å². The Morgan fingerprint density at radius 3 is 2.76 bits per heavy atom. The summed E-state index contributed by atoms with van der Waals surface area (Å²) in [5, 5.41) is 0. The van der Waals surface area contributed by atoms with Gasteiger partial charge in [0.05, 0.1) is 0 Å². The van der Waals surface area contributed by atoms with Crippen LogP contribution in [-0.2, 0) is 11.5 Å². The number of carbonyl (C=O) groups excluding carboxylic acids is 1. The maximum Gasteiger partial charge on any atom is 0.189 e. The lowest BCUT2D eigenvalue weighted by Crippen LogP contribution is -2.42. The molecule has 0 aliphatic carbocycles. The molecule has 0 aliphatic rings. The minimum atomic E-state index is -2.01. The third-order valence-corrected chi connectivity index (χ3v) is 7.80. The van der Waals surface area contributed by atoms with Crippen molar-refractivity contribution in [1.82, 2.24) is 9.55 Å². The summed E-state index contributed by atoms with van der Waals surface area (Å²) in [6.07, 6.45) is 4.51. The molecule has 0 fully saturated rings. The monoisotopic (exact) mass is 436 g/mol. The van der Waals surface area contributed by atoms with Gasteiger partial charge in [-0.1, -0.05) is 19.2 Å². The molecule has 2 N–H and O–H groups in total. The number of rotatable bonds is 9. The molecular weight excluding hydrogens is 418 g/mol. The van der Waals surface area contributed by atoms with Crippen LogP contribution in [0.3, 0.4) is 0 Å². The SMILES string of the molecule is C=CC[CH]c1nc(Br)c(Br)n1COCC[Si](C)(C)C(N)=O. The summed E-state index contributed by atoms with van der Waals surface area (Å²) in [5.41, 5.74) is 5.21. The molecule has 0 bridgehead atoms. The summed E-state index contributed by atoms with van der Waals surface area (Å²) >= 11 is 6.85. The fourth-order valence-electron chi connectivity index (χ4n) is 1.49. The third-order valence-electron chi connectivity index (χ3n) is 3.12. The lowest BCUT2D eigenvalue weighted by molar-refractivity contribution is 0.0846. The summed E-state index contributed by atoms with van der Waals surface area (Å²) in [6, 6.07) is 0.710. The van der Waals surface area contributed by atoms with E-state index >= 15 is 0 Å². The van der Waals surface area contributed by atoms with Crippen LogP contribution in [0.15, 0.2) is 21.9 Å². The van der Waals surface area contributed by atoms with Crippen LogP contribution in [0.5, 0.6) is 0 Å². The average Bonchev–Trinajstić information content (AvgIpc) is 2.68. The fraction of sp³-hybridized carbons (Fsp3) is 0.462. The van der Waals surface area contributed by atoms with Gasteiger partial charge in [-0.2, -0.15) is 0 Å². The molecule has 1 heterocycles. The van der Waals surface area contributed by atoms with Gasteiger partial charge in [0.25, 0.3) is 0 Å². The topological polar surface area (TPSA) is 70.1 Å². The van der Waals surface area contributed by atoms with Crippen molar-refractivity contribution in [3.05, 3.63) is 34.1 Å². The van der Waals surface area contributed by atoms with E-state index in [2.05, 4.69) is 43.4 Å². The van der Waals surface area contributed by atoms with Gasteiger partial charge in [0.2, 0.25) is 0 Å². The van der Waals surface area contributed by atoms with Gasteiger partial charge < -0.3 is 10.5 Å². The maximum atomic E-state index is 11.3. The average molecular weight is 438 g/mol. The molecule has 0 saturated heterocycles. The van der Waals surface area contributed by atoms with Crippen molar-refractivity contribution in [1.29, 1.82) is 0 Å². The molecule has 0 atom stereocenters. The van der Waals surface area contributed by atoms with Crippen LogP contribution in [-0.4, -0.2) is 29.8 Å². The molecule has 0 aliphatic heterocycles. The number of ether oxygens (including phenoxy) is 1. The molecule has 0 spiro atoms. The Morgan fingerprint density at radius 1 is 1.52 bits per heavy atom. The molecule has 21 heavy (non-hydrogen) atoms. The van der Waals surface area contributed by atoms with Gasteiger partial charge in [0, 0.05) is 13.0 Å². The Hall–Kier alpha value is -0.443. The number of hydrogen-bond acceptors (Lipinski definition) is 3. The molecule has 1 amide bonds. The predicted octanol–water partition coefficient (Wildman–Crippen LogP) is 3.88. The van der Waals surface area contributed by atoms with Crippen molar-refractivity contribution < 1.29 is 9.53 Å². The fourth-order valence-corrected chi connectivity index (χ4v) is 3.16. The number of primary amides is 1. The number of nitrogens with zero attached hydrogens (tertiary/aromatic N) is 2. The Bertz CT molecular complexity index is 518. The van der Waals surface area contributed by atoms with Crippen LogP contribution in [0.25, 0.3) is 0 Å². The molecule has 117 valence electrons. The van der Waals surface area contributed by atoms with Gasteiger partial charge in [-0.15, -0.1) is 6.58 Å². The number of aromatic nitrogens is 2. The van der Waals surface area contributed by atoms with E-state index < -0.39 is 8.07 Å². The highest BCUT2D eigenvalue weighted by molar-refractivity contribution is 9.13. The Kier molecular flexibility index (Phi) is 7.32. The molecule has 5 nitrogen and oxygen atoms in total.